The smallest absolute Gasteiger partial charge is 0.265 e. The lowest BCUT2D eigenvalue weighted by Crippen LogP contribution is -2.30. The summed E-state index contributed by atoms with van der Waals surface area (Å²) >= 11 is 0. The van der Waals surface area contributed by atoms with Crippen LogP contribution in [0.4, 0.5) is 5.69 Å². The van der Waals surface area contributed by atoms with Crippen LogP contribution in [0.5, 0.6) is 5.75 Å². The van der Waals surface area contributed by atoms with Crippen LogP contribution in [0.3, 0.4) is 0 Å². The van der Waals surface area contributed by atoms with E-state index >= 15 is 0 Å². The molecule has 0 aliphatic rings. The van der Waals surface area contributed by atoms with E-state index < -0.39 is 6.10 Å². The molecule has 122 valence electrons. The summed E-state index contributed by atoms with van der Waals surface area (Å²) in [5.41, 5.74) is 2.47. The first-order chi connectivity index (χ1) is 11.6. The number of aryl methyl sites for hydroxylation is 1. The molecule has 6 heteroatoms. The average Bonchev–Trinajstić information content (AvgIpc) is 3.09. The van der Waals surface area contributed by atoms with Gasteiger partial charge in [-0.15, -0.1) is 0 Å². The molecule has 0 saturated carbocycles. The highest BCUT2D eigenvalue weighted by Crippen LogP contribution is 2.20. The predicted molar refractivity (Wildman–Crippen MR) is 91.3 cm³/mol. The van der Waals surface area contributed by atoms with Gasteiger partial charge in [0, 0.05) is 0 Å². The monoisotopic (exact) mass is 322 g/mol. The molecule has 0 fully saturated rings. The van der Waals surface area contributed by atoms with Crippen molar-refractivity contribution in [2.75, 3.05) is 5.32 Å². The minimum absolute atomic E-state index is 0.232. The number of hydrogen-bond acceptors (Lipinski definition) is 4. The number of hydrogen-bond donors (Lipinski definition) is 1. The minimum atomic E-state index is -0.629. The van der Waals surface area contributed by atoms with Gasteiger partial charge in [-0.25, -0.2) is 9.67 Å². The summed E-state index contributed by atoms with van der Waals surface area (Å²) in [4.78, 5) is 16.4. The fraction of sp³-hybridized carbons (Fsp3) is 0.167. The Morgan fingerprint density at radius 3 is 2.79 bits per heavy atom. The van der Waals surface area contributed by atoms with Crippen LogP contribution in [-0.2, 0) is 4.79 Å². The number of nitrogens with zero attached hydrogens (tertiary/aromatic N) is 3. The molecule has 3 rings (SSSR count). The molecule has 0 bridgehead atoms. The lowest BCUT2D eigenvalue weighted by molar-refractivity contribution is -0.122. The minimum Gasteiger partial charge on any atom is -0.481 e. The van der Waals surface area contributed by atoms with Gasteiger partial charge in [0.15, 0.2) is 6.10 Å². The van der Waals surface area contributed by atoms with Crippen LogP contribution in [0.1, 0.15) is 12.5 Å². The molecule has 0 saturated heterocycles. The lowest BCUT2D eigenvalue weighted by atomic mass is 10.2. The van der Waals surface area contributed by atoms with Crippen molar-refractivity contribution < 1.29 is 9.53 Å². The van der Waals surface area contributed by atoms with Crippen LogP contribution >= 0.6 is 0 Å². The Labute approximate surface area is 140 Å². The number of benzene rings is 2. The van der Waals surface area contributed by atoms with Crippen molar-refractivity contribution >= 4 is 11.6 Å². The Morgan fingerprint density at radius 1 is 1.21 bits per heavy atom. The van der Waals surface area contributed by atoms with Crippen molar-refractivity contribution in [3.05, 3.63) is 66.7 Å². The van der Waals surface area contributed by atoms with Gasteiger partial charge in [0.25, 0.3) is 5.91 Å². The van der Waals surface area contributed by atoms with Crippen LogP contribution in [0.15, 0.2) is 61.2 Å². The molecule has 1 unspecified atom stereocenters. The Kier molecular flexibility index (Phi) is 4.56. The number of carbonyl (C=O) groups is 1. The molecule has 1 amide bonds. The fourth-order valence-corrected chi connectivity index (χ4v) is 2.29. The molecule has 0 spiro atoms. The van der Waals surface area contributed by atoms with Crippen LogP contribution in [0, 0.1) is 6.92 Å². The number of aromatic nitrogens is 3. The molecular formula is C18H18N4O2. The van der Waals surface area contributed by atoms with Gasteiger partial charge in [0.2, 0.25) is 0 Å². The molecule has 1 aromatic heterocycles. The van der Waals surface area contributed by atoms with Crippen LogP contribution in [-0.4, -0.2) is 26.8 Å². The number of ether oxygens (including phenoxy) is 1. The Balaban J connectivity index is 1.73. The fourth-order valence-electron chi connectivity index (χ4n) is 2.29. The van der Waals surface area contributed by atoms with Gasteiger partial charge in [-0.05, 0) is 43.7 Å². The maximum absolute atomic E-state index is 12.4. The second-order valence-electron chi connectivity index (χ2n) is 5.42. The molecular weight excluding hydrogens is 304 g/mol. The first kappa shape index (κ1) is 15.7. The van der Waals surface area contributed by atoms with E-state index in [1.165, 1.54) is 6.33 Å². The van der Waals surface area contributed by atoms with E-state index in [1.807, 2.05) is 55.5 Å². The summed E-state index contributed by atoms with van der Waals surface area (Å²) in [6.07, 6.45) is 2.40. The van der Waals surface area contributed by atoms with Gasteiger partial charge in [-0.2, -0.15) is 5.10 Å². The number of para-hydroxylation sites is 2. The molecule has 1 heterocycles. The summed E-state index contributed by atoms with van der Waals surface area (Å²) in [5.74, 6) is 0.436. The van der Waals surface area contributed by atoms with Gasteiger partial charge in [-0.1, -0.05) is 24.3 Å². The van der Waals surface area contributed by atoms with E-state index in [0.717, 1.165) is 11.3 Å². The van der Waals surface area contributed by atoms with Gasteiger partial charge >= 0.3 is 0 Å². The highest BCUT2D eigenvalue weighted by molar-refractivity contribution is 5.95. The summed E-state index contributed by atoms with van der Waals surface area (Å²) in [6, 6.07) is 15.0. The third-order valence-corrected chi connectivity index (χ3v) is 3.50. The first-order valence-electron chi connectivity index (χ1n) is 7.62. The lowest BCUT2D eigenvalue weighted by Gasteiger charge is -2.16. The largest absolute Gasteiger partial charge is 0.481 e. The standard InChI is InChI=1S/C18H18N4O2/c1-13-6-5-7-15(10-13)24-14(2)18(23)21-16-8-3-4-9-17(16)22-12-19-11-20-22/h3-12,14H,1-2H3,(H,21,23). The van der Waals surface area contributed by atoms with E-state index in [0.29, 0.717) is 11.4 Å². The molecule has 1 N–H and O–H groups in total. The van der Waals surface area contributed by atoms with E-state index in [9.17, 15) is 4.79 Å². The zero-order chi connectivity index (χ0) is 16.9. The van der Waals surface area contributed by atoms with Crippen molar-refractivity contribution in [1.82, 2.24) is 14.8 Å². The molecule has 0 radical (unpaired) electrons. The molecule has 24 heavy (non-hydrogen) atoms. The summed E-state index contributed by atoms with van der Waals surface area (Å²) in [6.45, 7) is 3.70. The van der Waals surface area contributed by atoms with Gasteiger partial charge in [-0.3, -0.25) is 4.79 Å². The van der Waals surface area contributed by atoms with Crippen molar-refractivity contribution in [3.63, 3.8) is 0 Å². The summed E-state index contributed by atoms with van der Waals surface area (Å²) in [7, 11) is 0. The molecule has 6 nitrogen and oxygen atoms in total. The third kappa shape index (κ3) is 3.60. The highest BCUT2D eigenvalue weighted by atomic mass is 16.5. The van der Waals surface area contributed by atoms with Crippen molar-refractivity contribution in [2.24, 2.45) is 0 Å². The Hall–Kier alpha value is -3.15. The molecule has 3 aromatic rings. The summed E-state index contributed by atoms with van der Waals surface area (Å²) < 4.78 is 7.31. The second-order valence-corrected chi connectivity index (χ2v) is 5.42. The number of anilines is 1. The van der Waals surface area contributed by atoms with E-state index in [-0.39, 0.29) is 5.91 Å². The number of carbonyl (C=O) groups excluding carboxylic acids is 1. The van der Waals surface area contributed by atoms with Gasteiger partial charge < -0.3 is 10.1 Å². The van der Waals surface area contributed by atoms with E-state index in [2.05, 4.69) is 15.4 Å². The normalized spacial score (nSPS) is 11.8. The highest BCUT2D eigenvalue weighted by Gasteiger charge is 2.17. The quantitative estimate of drug-likeness (QED) is 0.784. The number of rotatable bonds is 5. The molecule has 2 aromatic carbocycles. The zero-order valence-corrected chi connectivity index (χ0v) is 13.5. The summed E-state index contributed by atoms with van der Waals surface area (Å²) in [5, 5.41) is 6.98. The van der Waals surface area contributed by atoms with Crippen LogP contribution < -0.4 is 10.1 Å². The molecule has 0 aliphatic carbocycles. The van der Waals surface area contributed by atoms with Crippen LogP contribution in [0.2, 0.25) is 0 Å². The van der Waals surface area contributed by atoms with Crippen molar-refractivity contribution in [1.29, 1.82) is 0 Å². The van der Waals surface area contributed by atoms with Crippen LogP contribution in [0.25, 0.3) is 5.69 Å². The SMILES string of the molecule is Cc1cccc(OC(C)C(=O)Nc2ccccc2-n2cncn2)c1. The molecule has 1 atom stereocenters. The average molecular weight is 322 g/mol. The maximum Gasteiger partial charge on any atom is 0.265 e. The third-order valence-electron chi connectivity index (χ3n) is 3.50. The van der Waals surface area contributed by atoms with Gasteiger partial charge in [0.05, 0.1) is 11.4 Å². The topological polar surface area (TPSA) is 69.0 Å². The van der Waals surface area contributed by atoms with Crippen molar-refractivity contribution in [2.45, 2.75) is 20.0 Å². The van der Waals surface area contributed by atoms with Crippen molar-refractivity contribution in [3.8, 4) is 11.4 Å². The predicted octanol–water partition coefficient (Wildman–Crippen LogP) is 2.98. The van der Waals surface area contributed by atoms with E-state index in [1.54, 1.807) is 17.9 Å². The zero-order valence-electron chi connectivity index (χ0n) is 13.5. The Morgan fingerprint density at radius 2 is 2.04 bits per heavy atom. The van der Waals surface area contributed by atoms with E-state index in [4.69, 9.17) is 4.74 Å². The number of nitrogens with one attached hydrogen (secondary N) is 1. The second kappa shape index (κ2) is 6.95. The number of amides is 1. The molecule has 0 aliphatic heterocycles. The first-order valence-corrected chi connectivity index (χ1v) is 7.62. The Bertz CT molecular complexity index is 831. The van der Waals surface area contributed by atoms with Gasteiger partial charge in [0.1, 0.15) is 18.4 Å². The maximum atomic E-state index is 12.4.